The summed E-state index contributed by atoms with van der Waals surface area (Å²) in [4.78, 5) is 13.5. The molecule has 0 amide bonds. The van der Waals surface area contributed by atoms with Crippen LogP contribution in [-0.2, 0) is 19.7 Å². The van der Waals surface area contributed by atoms with E-state index in [4.69, 9.17) is 9.47 Å². The molecule has 6 heteroatoms. The number of anilines is 1. The second-order valence-electron chi connectivity index (χ2n) is 8.12. The van der Waals surface area contributed by atoms with E-state index in [0.717, 1.165) is 23.2 Å². The predicted molar refractivity (Wildman–Crippen MR) is 100 cm³/mol. The molecule has 3 heterocycles. The van der Waals surface area contributed by atoms with Crippen molar-refractivity contribution in [2.75, 3.05) is 32.2 Å². The van der Waals surface area contributed by atoms with Crippen LogP contribution in [0.5, 0.6) is 0 Å². The van der Waals surface area contributed by atoms with E-state index < -0.39 is 16.6 Å². The molecule has 0 aromatic heterocycles. The summed E-state index contributed by atoms with van der Waals surface area (Å²) in [5.41, 5.74) is 0.658. The van der Waals surface area contributed by atoms with Gasteiger partial charge in [-0.3, -0.25) is 4.79 Å². The van der Waals surface area contributed by atoms with Gasteiger partial charge in [0, 0.05) is 18.2 Å². The van der Waals surface area contributed by atoms with E-state index in [2.05, 4.69) is 22.8 Å². The summed E-state index contributed by atoms with van der Waals surface area (Å²) in [7, 11) is 1.42. The number of aliphatic hydroxyl groups excluding tert-OH is 1. The van der Waals surface area contributed by atoms with Crippen molar-refractivity contribution in [1.29, 1.82) is 0 Å². The van der Waals surface area contributed by atoms with E-state index in [1.807, 2.05) is 25.1 Å². The molecule has 0 radical (unpaired) electrons. The van der Waals surface area contributed by atoms with Crippen LogP contribution in [0.1, 0.15) is 25.3 Å². The van der Waals surface area contributed by atoms with Gasteiger partial charge in [0.2, 0.25) is 0 Å². The molecule has 27 heavy (non-hydrogen) atoms. The molecule has 3 N–H and O–H groups in total. The molecule has 0 unspecified atom stereocenters. The Labute approximate surface area is 158 Å². The van der Waals surface area contributed by atoms with Gasteiger partial charge in [0.25, 0.3) is 0 Å². The minimum Gasteiger partial charge on any atom is -0.468 e. The molecule has 1 aliphatic carbocycles. The Hall–Kier alpha value is -1.89. The molecule has 1 aromatic rings. The molecule has 1 aromatic carbocycles. The van der Waals surface area contributed by atoms with Crippen molar-refractivity contribution in [2.24, 2.45) is 11.3 Å². The topological polar surface area (TPSA) is 79.8 Å². The number of piperidine rings is 1. The number of hydrogen-bond donors (Lipinski definition) is 3. The monoisotopic (exact) mass is 370 g/mol. The lowest BCUT2D eigenvalue weighted by atomic mass is 9.44. The summed E-state index contributed by atoms with van der Waals surface area (Å²) in [6.45, 7) is 2.96. The molecule has 6 nitrogen and oxygen atoms in total. The SMILES string of the molecule is C/C=C1/CN[C@@H]2C[C@H]1[C@](CO)(C(=O)OC)[C@@]13CCO[C@]21Nc1ccccc13. The van der Waals surface area contributed by atoms with E-state index in [-0.39, 0.29) is 24.5 Å². The van der Waals surface area contributed by atoms with Gasteiger partial charge in [-0.2, -0.15) is 0 Å². The maximum Gasteiger partial charge on any atom is 0.315 e. The van der Waals surface area contributed by atoms with Gasteiger partial charge >= 0.3 is 5.97 Å². The highest BCUT2D eigenvalue weighted by Crippen LogP contribution is 2.70. The van der Waals surface area contributed by atoms with Crippen LogP contribution < -0.4 is 10.6 Å². The maximum absolute atomic E-state index is 13.5. The lowest BCUT2D eigenvalue weighted by Gasteiger charge is -2.62. The fraction of sp³-hybridized carbons (Fsp3) is 0.571. The number of hydrogen-bond acceptors (Lipinski definition) is 6. The van der Waals surface area contributed by atoms with Gasteiger partial charge in [0.15, 0.2) is 5.72 Å². The number of aliphatic hydroxyl groups is 1. The van der Waals surface area contributed by atoms with Crippen LogP contribution in [-0.4, -0.2) is 49.7 Å². The third kappa shape index (κ3) is 1.67. The molecule has 2 bridgehead atoms. The molecule has 1 saturated carbocycles. The summed E-state index contributed by atoms with van der Waals surface area (Å²) < 4.78 is 11.8. The summed E-state index contributed by atoms with van der Waals surface area (Å²) >= 11 is 0. The van der Waals surface area contributed by atoms with Crippen molar-refractivity contribution >= 4 is 11.7 Å². The molecule has 5 rings (SSSR count). The van der Waals surface area contributed by atoms with Gasteiger partial charge in [0.05, 0.1) is 31.8 Å². The molecule has 144 valence electrons. The average Bonchev–Trinajstić information content (AvgIpc) is 3.22. The Balaban J connectivity index is 1.87. The first-order valence-corrected chi connectivity index (χ1v) is 9.70. The van der Waals surface area contributed by atoms with Crippen LogP contribution in [0.4, 0.5) is 5.69 Å². The zero-order valence-corrected chi connectivity index (χ0v) is 15.7. The van der Waals surface area contributed by atoms with Gasteiger partial charge < -0.3 is 25.2 Å². The van der Waals surface area contributed by atoms with Crippen molar-refractivity contribution < 1.29 is 19.4 Å². The van der Waals surface area contributed by atoms with Crippen molar-refractivity contribution in [2.45, 2.75) is 36.9 Å². The molecule has 0 spiro atoms. The standard InChI is InChI=1S/C21H26N2O4/c1-3-13-11-22-17-10-15(13)19(12-24,18(25)26-2)20-8-9-27-21(17,20)23-16-7-5-4-6-14(16)20/h3-7,15,17,22-24H,8-12H2,1-2H3/b13-3-/t15-,17-,19-,20+,21-/m1/s1. The van der Waals surface area contributed by atoms with Crippen LogP contribution >= 0.6 is 0 Å². The van der Waals surface area contributed by atoms with Gasteiger partial charge in [-0.25, -0.2) is 0 Å². The van der Waals surface area contributed by atoms with Crippen molar-refractivity contribution in [3.63, 3.8) is 0 Å². The number of rotatable bonds is 2. The fourth-order valence-corrected chi connectivity index (χ4v) is 6.67. The first-order valence-electron chi connectivity index (χ1n) is 9.70. The van der Waals surface area contributed by atoms with Crippen LogP contribution in [0.3, 0.4) is 0 Å². The summed E-state index contributed by atoms with van der Waals surface area (Å²) in [6, 6.07) is 8.14. The molecule has 4 aliphatic rings. The smallest absolute Gasteiger partial charge is 0.315 e. The van der Waals surface area contributed by atoms with Gasteiger partial charge in [-0.1, -0.05) is 29.8 Å². The zero-order valence-electron chi connectivity index (χ0n) is 15.7. The van der Waals surface area contributed by atoms with Crippen LogP contribution in [0.2, 0.25) is 0 Å². The molecular weight excluding hydrogens is 344 g/mol. The number of nitrogens with one attached hydrogen (secondary N) is 2. The number of allylic oxidation sites excluding steroid dienone is 1. The average molecular weight is 370 g/mol. The van der Waals surface area contributed by atoms with Crippen LogP contribution in [0.25, 0.3) is 0 Å². The van der Waals surface area contributed by atoms with E-state index in [9.17, 15) is 9.90 Å². The summed E-state index contributed by atoms with van der Waals surface area (Å²) in [6.07, 6.45) is 3.46. The van der Waals surface area contributed by atoms with E-state index in [1.165, 1.54) is 7.11 Å². The Kier molecular flexibility index (Phi) is 3.55. The zero-order chi connectivity index (χ0) is 18.9. The first kappa shape index (κ1) is 17.2. The number of fused-ring (bicyclic) bond motifs is 3. The Morgan fingerprint density at radius 1 is 1.44 bits per heavy atom. The van der Waals surface area contributed by atoms with Gasteiger partial charge in [-0.15, -0.1) is 0 Å². The third-order valence-electron chi connectivity index (χ3n) is 7.64. The molecular formula is C21H26N2O4. The van der Waals surface area contributed by atoms with Gasteiger partial charge in [-0.05, 0) is 31.4 Å². The molecule has 2 saturated heterocycles. The Bertz CT molecular complexity index is 839. The molecule has 3 aliphatic heterocycles. The number of para-hydroxylation sites is 1. The van der Waals surface area contributed by atoms with E-state index >= 15 is 0 Å². The van der Waals surface area contributed by atoms with Crippen molar-refractivity contribution in [1.82, 2.24) is 5.32 Å². The number of carbonyl (C=O) groups is 1. The number of benzene rings is 1. The quantitative estimate of drug-likeness (QED) is 0.542. The summed E-state index contributed by atoms with van der Waals surface area (Å²) in [5.74, 6) is -0.433. The highest BCUT2D eigenvalue weighted by molar-refractivity contribution is 5.85. The molecule has 3 fully saturated rings. The fourth-order valence-electron chi connectivity index (χ4n) is 6.67. The normalized spacial score (nSPS) is 42.9. The van der Waals surface area contributed by atoms with Crippen molar-refractivity contribution in [3.05, 3.63) is 41.5 Å². The second-order valence-corrected chi connectivity index (χ2v) is 8.12. The number of methoxy groups -OCH3 is 1. The largest absolute Gasteiger partial charge is 0.468 e. The van der Waals surface area contributed by atoms with E-state index in [1.54, 1.807) is 0 Å². The first-order chi connectivity index (χ1) is 13.1. The second kappa shape index (κ2) is 5.56. The van der Waals surface area contributed by atoms with Crippen LogP contribution in [0.15, 0.2) is 35.9 Å². The van der Waals surface area contributed by atoms with Gasteiger partial charge in [0.1, 0.15) is 5.41 Å². The minimum atomic E-state index is -1.09. The number of ether oxygens (including phenoxy) is 2. The maximum atomic E-state index is 13.5. The lowest BCUT2D eigenvalue weighted by Crippen LogP contribution is -2.78. The van der Waals surface area contributed by atoms with E-state index in [0.29, 0.717) is 19.6 Å². The van der Waals surface area contributed by atoms with Crippen molar-refractivity contribution in [3.8, 4) is 0 Å². The minimum absolute atomic E-state index is 0.0467. The Morgan fingerprint density at radius 2 is 2.26 bits per heavy atom. The highest BCUT2D eigenvalue weighted by atomic mass is 16.5. The third-order valence-corrected chi connectivity index (χ3v) is 7.64. The lowest BCUT2D eigenvalue weighted by molar-refractivity contribution is -0.192. The predicted octanol–water partition coefficient (Wildman–Crippen LogP) is 1.56. The molecule has 5 atom stereocenters. The highest BCUT2D eigenvalue weighted by Gasteiger charge is 2.81. The number of carbonyl (C=O) groups excluding carboxylic acids is 1. The number of esters is 1. The summed E-state index contributed by atoms with van der Waals surface area (Å²) in [5, 5.41) is 18.1. The Morgan fingerprint density at radius 3 is 3.00 bits per heavy atom. The van der Waals surface area contributed by atoms with Crippen LogP contribution in [0, 0.1) is 11.3 Å².